The third-order valence-corrected chi connectivity index (χ3v) is 4.37. The molecule has 1 amide bonds. The molecular formula is C17H21N3O2. The van der Waals surface area contributed by atoms with Crippen LogP contribution in [0.4, 0.5) is 0 Å². The van der Waals surface area contributed by atoms with E-state index >= 15 is 0 Å². The van der Waals surface area contributed by atoms with Crippen LogP contribution in [0.5, 0.6) is 0 Å². The van der Waals surface area contributed by atoms with Crippen LogP contribution < -0.4 is 11.3 Å². The zero-order chi connectivity index (χ0) is 15.5. The Balaban J connectivity index is 2.02. The Bertz CT molecular complexity index is 736. The summed E-state index contributed by atoms with van der Waals surface area (Å²) in [5.41, 5.74) is 6.63. The van der Waals surface area contributed by atoms with Gasteiger partial charge in [0.05, 0.1) is 5.56 Å². The van der Waals surface area contributed by atoms with Gasteiger partial charge in [0.25, 0.3) is 5.91 Å². The van der Waals surface area contributed by atoms with E-state index in [1.54, 1.807) is 0 Å². The Morgan fingerprint density at radius 2 is 2.14 bits per heavy atom. The van der Waals surface area contributed by atoms with Crippen molar-refractivity contribution in [1.29, 1.82) is 0 Å². The maximum absolute atomic E-state index is 13.0. The molecule has 1 saturated heterocycles. The van der Waals surface area contributed by atoms with E-state index in [1.165, 1.54) is 6.07 Å². The summed E-state index contributed by atoms with van der Waals surface area (Å²) in [6, 6.07) is 9.03. The number of aromatic amines is 1. The van der Waals surface area contributed by atoms with Crippen LogP contribution in [0.1, 0.15) is 36.0 Å². The minimum absolute atomic E-state index is 0.0551. The SMILES string of the molecule is NCCC1CCCCN1C(=O)c1cc(=O)[nH]c2ccccc12. The van der Waals surface area contributed by atoms with E-state index in [0.717, 1.165) is 37.6 Å². The third-order valence-electron chi connectivity index (χ3n) is 4.37. The number of rotatable bonds is 3. The van der Waals surface area contributed by atoms with Gasteiger partial charge in [-0.3, -0.25) is 9.59 Å². The number of likely N-dealkylation sites (tertiary alicyclic amines) is 1. The maximum atomic E-state index is 13.0. The average molecular weight is 299 g/mol. The molecule has 2 aromatic rings. The summed E-state index contributed by atoms with van der Waals surface area (Å²) in [5.74, 6) is -0.0551. The van der Waals surface area contributed by atoms with E-state index in [4.69, 9.17) is 5.73 Å². The van der Waals surface area contributed by atoms with Crippen LogP contribution in [0, 0.1) is 0 Å². The first-order chi connectivity index (χ1) is 10.7. The molecule has 0 spiro atoms. The fraction of sp³-hybridized carbons (Fsp3) is 0.412. The second kappa shape index (κ2) is 6.32. The lowest BCUT2D eigenvalue weighted by molar-refractivity contribution is 0.0607. The van der Waals surface area contributed by atoms with Crippen molar-refractivity contribution >= 4 is 16.8 Å². The topological polar surface area (TPSA) is 79.2 Å². The fourth-order valence-electron chi connectivity index (χ4n) is 3.30. The number of carbonyl (C=O) groups excluding carboxylic acids is 1. The molecule has 1 fully saturated rings. The number of benzene rings is 1. The van der Waals surface area contributed by atoms with Gasteiger partial charge in [-0.25, -0.2) is 0 Å². The molecule has 0 radical (unpaired) electrons. The number of para-hydroxylation sites is 1. The highest BCUT2D eigenvalue weighted by Gasteiger charge is 2.28. The Morgan fingerprint density at radius 3 is 2.95 bits per heavy atom. The number of aromatic nitrogens is 1. The molecule has 5 nitrogen and oxygen atoms in total. The molecule has 0 aliphatic carbocycles. The van der Waals surface area contributed by atoms with Gasteiger partial charge in [0.2, 0.25) is 5.56 Å². The Hall–Kier alpha value is -2.14. The lowest BCUT2D eigenvalue weighted by Gasteiger charge is -2.36. The Labute approximate surface area is 129 Å². The van der Waals surface area contributed by atoms with Gasteiger partial charge in [0, 0.05) is 29.6 Å². The Morgan fingerprint density at radius 1 is 1.32 bits per heavy atom. The van der Waals surface area contributed by atoms with Crippen molar-refractivity contribution in [1.82, 2.24) is 9.88 Å². The maximum Gasteiger partial charge on any atom is 0.254 e. The van der Waals surface area contributed by atoms with E-state index in [9.17, 15) is 9.59 Å². The predicted molar refractivity (Wildman–Crippen MR) is 86.9 cm³/mol. The van der Waals surface area contributed by atoms with E-state index in [2.05, 4.69) is 4.98 Å². The number of amides is 1. The zero-order valence-corrected chi connectivity index (χ0v) is 12.5. The van der Waals surface area contributed by atoms with Crippen LogP contribution in [-0.2, 0) is 0 Å². The highest BCUT2D eigenvalue weighted by atomic mass is 16.2. The number of nitrogens with two attached hydrogens (primary N) is 1. The van der Waals surface area contributed by atoms with Gasteiger partial charge in [0.15, 0.2) is 0 Å². The number of nitrogens with zero attached hydrogens (tertiary/aromatic N) is 1. The summed E-state index contributed by atoms with van der Waals surface area (Å²) in [6.45, 7) is 1.31. The standard InChI is InChI=1S/C17H21N3O2/c18-9-8-12-5-3-4-10-20(12)17(22)14-11-16(21)19-15-7-2-1-6-13(14)15/h1-2,6-7,11-12H,3-5,8-10,18H2,(H,19,21). The van der Waals surface area contributed by atoms with E-state index in [0.29, 0.717) is 17.6 Å². The summed E-state index contributed by atoms with van der Waals surface area (Å²) in [4.78, 5) is 29.5. The number of hydrogen-bond acceptors (Lipinski definition) is 3. The lowest BCUT2D eigenvalue weighted by Crippen LogP contribution is -2.44. The first-order valence-electron chi connectivity index (χ1n) is 7.84. The number of piperidine rings is 1. The Kier molecular flexibility index (Phi) is 4.24. The lowest BCUT2D eigenvalue weighted by atomic mass is 9.97. The highest BCUT2D eigenvalue weighted by molar-refractivity contribution is 6.06. The molecule has 1 atom stereocenters. The monoisotopic (exact) mass is 299 g/mol. The molecular weight excluding hydrogens is 278 g/mol. The molecule has 3 rings (SSSR count). The van der Waals surface area contributed by atoms with E-state index in [1.807, 2.05) is 29.2 Å². The fourth-order valence-corrected chi connectivity index (χ4v) is 3.30. The summed E-state index contributed by atoms with van der Waals surface area (Å²) in [6.07, 6.45) is 3.94. The van der Waals surface area contributed by atoms with Gasteiger partial charge in [-0.15, -0.1) is 0 Å². The molecule has 0 bridgehead atoms. The average Bonchev–Trinajstić information content (AvgIpc) is 2.54. The second-order valence-electron chi connectivity index (χ2n) is 5.82. The normalized spacial score (nSPS) is 18.6. The van der Waals surface area contributed by atoms with Crippen LogP contribution in [0.3, 0.4) is 0 Å². The zero-order valence-electron chi connectivity index (χ0n) is 12.5. The van der Waals surface area contributed by atoms with E-state index < -0.39 is 0 Å². The van der Waals surface area contributed by atoms with Gasteiger partial charge < -0.3 is 15.6 Å². The molecule has 0 saturated carbocycles. The van der Waals surface area contributed by atoms with Crippen molar-refractivity contribution in [3.05, 3.63) is 46.2 Å². The number of nitrogens with one attached hydrogen (secondary N) is 1. The predicted octanol–water partition coefficient (Wildman–Crippen LogP) is 1.87. The first kappa shape index (κ1) is 14.8. The smallest absolute Gasteiger partial charge is 0.254 e. The van der Waals surface area contributed by atoms with Gasteiger partial charge in [0.1, 0.15) is 0 Å². The highest BCUT2D eigenvalue weighted by Crippen LogP contribution is 2.24. The van der Waals surface area contributed by atoms with Crippen LogP contribution in [0.15, 0.2) is 35.1 Å². The van der Waals surface area contributed by atoms with Crippen LogP contribution >= 0.6 is 0 Å². The van der Waals surface area contributed by atoms with Gasteiger partial charge in [-0.05, 0) is 38.3 Å². The number of carbonyl (C=O) groups is 1. The quantitative estimate of drug-likeness (QED) is 0.908. The molecule has 5 heteroatoms. The number of H-pyrrole nitrogens is 1. The van der Waals surface area contributed by atoms with Crippen molar-refractivity contribution in [3.63, 3.8) is 0 Å². The minimum Gasteiger partial charge on any atom is -0.336 e. The van der Waals surface area contributed by atoms with Crippen molar-refractivity contribution in [3.8, 4) is 0 Å². The molecule has 1 aromatic heterocycles. The minimum atomic E-state index is -0.241. The second-order valence-corrected chi connectivity index (χ2v) is 5.82. The molecule has 2 heterocycles. The van der Waals surface area contributed by atoms with Crippen LogP contribution in [-0.4, -0.2) is 34.9 Å². The largest absolute Gasteiger partial charge is 0.336 e. The molecule has 1 aliphatic heterocycles. The number of hydrogen-bond donors (Lipinski definition) is 2. The molecule has 3 N–H and O–H groups in total. The first-order valence-corrected chi connectivity index (χ1v) is 7.84. The van der Waals surface area contributed by atoms with Gasteiger partial charge in [-0.1, -0.05) is 18.2 Å². The third kappa shape index (κ3) is 2.76. The van der Waals surface area contributed by atoms with Gasteiger partial charge >= 0.3 is 0 Å². The van der Waals surface area contributed by atoms with Crippen molar-refractivity contribution < 1.29 is 4.79 Å². The number of pyridine rings is 1. The number of fused-ring (bicyclic) bond motifs is 1. The summed E-state index contributed by atoms with van der Waals surface area (Å²) < 4.78 is 0. The summed E-state index contributed by atoms with van der Waals surface area (Å²) >= 11 is 0. The molecule has 1 unspecified atom stereocenters. The molecule has 1 aliphatic rings. The van der Waals surface area contributed by atoms with Crippen molar-refractivity contribution in [2.24, 2.45) is 5.73 Å². The molecule has 22 heavy (non-hydrogen) atoms. The molecule has 116 valence electrons. The molecule has 1 aromatic carbocycles. The summed E-state index contributed by atoms with van der Waals surface area (Å²) in [5, 5.41) is 0.796. The van der Waals surface area contributed by atoms with E-state index in [-0.39, 0.29) is 17.5 Å². The summed E-state index contributed by atoms with van der Waals surface area (Å²) in [7, 11) is 0. The van der Waals surface area contributed by atoms with Gasteiger partial charge in [-0.2, -0.15) is 0 Å². The van der Waals surface area contributed by atoms with Crippen molar-refractivity contribution in [2.75, 3.05) is 13.1 Å². The van der Waals surface area contributed by atoms with Crippen molar-refractivity contribution in [2.45, 2.75) is 31.7 Å². The van der Waals surface area contributed by atoms with Crippen LogP contribution in [0.25, 0.3) is 10.9 Å². The van der Waals surface area contributed by atoms with Crippen LogP contribution in [0.2, 0.25) is 0 Å².